The lowest BCUT2D eigenvalue weighted by Crippen LogP contribution is -2.44. The van der Waals surface area contributed by atoms with E-state index in [2.05, 4.69) is 16.0 Å². The smallest absolute Gasteiger partial charge is 0.337 e. The fraction of sp³-hybridized carbons (Fsp3) is 0.394. The van der Waals surface area contributed by atoms with Crippen molar-refractivity contribution in [2.24, 2.45) is 23.5 Å². The highest BCUT2D eigenvalue weighted by Crippen LogP contribution is 2.50. The van der Waals surface area contributed by atoms with Gasteiger partial charge in [0.2, 0.25) is 0 Å². The first-order valence-corrected chi connectivity index (χ1v) is 14.6. The summed E-state index contributed by atoms with van der Waals surface area (Å²) in [5.41, 5.74) is 7.48. The lowest BCUT2D eigenvalue weighted by molar-refractivity contribution is -0.127. The van der Waals surface area contributed by atoms with Crippen molar-refractivity contribution in [2.75, 3.05) is 35.3 Å². The lowest BCUT2D eigenvalue weighted by Gasteiger charge is -2.41. The van der Waals surface area contributed by atoms with E-state index >= 15 is 0 Å². The second-order valence-electron chi connectivity index (χ2n) is 11.2. The van der Waals surface area contributed by atoms with Gasteiger partial charge >= 0.3 is 5.97 Å². The van der Waals surface area contributed by atoms with E-state index in [1.807, 2.05) is 28.2 Å². The molecule has 0 bridgehead atoms. The summed E-state index contributed by atoms with van der Waals surface area (Å²) in [6, 6.07) is 10.5. The third kappa shape index (κ3) is 7.80. The number of ketones is 2. The molecule has 13 heteroatoms. The molecule has 0 spiro atoms. The molecule has 13 nitrogen and oxygen atoms in total. The number of ether oxygens (including phenoxy) is 1. The second-order valence-corrected chi connectivity index (χ2v) is 11.2. The molecule has 1 fully saturated rings. The Bertz CT molecular complexity index is 1510. The van der Waals surface area contributed by atoms with Gasteiger partial charge in [-0.2, -0.15) is 0 Å². The predicted octanol–water partition coefficient (Wildman–Crippen LogP) is 1.23. The van der Waals surface area contributed by atoms with Crippen molar-refractivity contribution in [3.8, 4) is 5.75 Å². The standard InChI is InChI=1S/C29H28N2O8.2C2H7N.H2O/c1-39-29(38)14-4-2-13(3-5-14)11-31-12-16-7-6-15-8-17-9-18-10-19(32)23(28(30)37)27(36)22(18)26(35)21(17)25(34)20(15)24(16)33;2*1-3-2;/h2-7,17-18,22,31,33-34,36H,8-12H2,1H3,(H2,30,37);2*3H,1-2H3;1H2. The molecule has 3 aliphatic rings. The van der Waals surface area contributed by atoms with Crippen molar-refractivity contribution in [1.29, 1.82) is 0 Å². The van der Waals surface area contributed by atoms with E-state index < -0.39 is 52.5 Å². The number of rotatable bonds is 6. The third-order valence-electron chi connectivity index (χ3n) is 7.86. The van der Waals surface area contributed by atoms with Gasteiger partial charge in [0.1, 0.15) is 22.8 Å². The number of fused-ring (bicyclic) bond motifs is 3. The van der Waals surface area contributed by atoms with E-state index in [1.54, 1.807) is 36.4 Å². The number of esters is 1. The maximum atomic E-state index is 13.5. The van der Waals surface area contributed by atoms with Crippen LogP contribution in [0.4, 0.5) is 0 Å². The molecule has 2 aromatic rings. The maximum Gasteiger partial charge on any atom is 0.337 e. The van der Waals surface area contributed by atoms with Gasteiger partial charge in [-0.25, -0.2) is 4.79 Å². The lowest BCUT2D eigenvalue weighted by atomic mass is 9.61. The quantitative estimate of drug-likeness (QED) is 0.175. The minimum Gasteiger partial charge on any atom is -0.511 e. The van der Waals surface area contributed by atoms with E-state index in [1.165, 1.54) is 7.11 Å². The average Bonchev–Trinajstić information content (AvgIpc) is 2.98. The molecule has 46 heavy (non-hydrogen) atoms. The number of Topliss-reactive ketones (excluding diaryl/α,β-unsaturated/α-hetero) is 2. The molecule has 1 saturated carbocycles. The Balaban J connectivity index is 0.000000977. The van der Waals surface area contributed by atoms with Crippen molar-refractivity contribution in [1.82, 2.24) is 16.0 Å². The van der Waals surface area contributed by atoms with Crippen molar-refractivity contribution >= 4 is 29.2 Å². The van der Waals surface area contributed by atoms with Crippen LogP contribution < -0.4 is 21.7 Å². The van der Waals surface area contributed by atoms with Crippen LogP contribution in [-0.4, -0.2) is 79.5 Å². The fourth-order valence-corrected chi connectivity index (χ4v) is 6.02. The molecule has 0 aliphatic heterocycles. The van der Waals surface area contributed by atoms with Gasteiger partial charge in [-0.15, -0.1) is 0 Å². The SMILES string of the molecule is CNC.CNC.COC(=O)c1ccc(CNCc2ccc3c(c2O)C(O)=C2C(=O)C4C(O)=C(C(N)=O)C(=O)CC4CC2C3)cc1.O. The largest absolute Gasteiger partial charge is 0.511 e. The molecule has 3 atom stereocenters. The van der Waals surface area contributed by atoms with Crippen LogP contribution in [0.5, 0.6) is 5.75 Å². The summed E-state index contributed by atoms with van der Waals surface area (Å²) >= 11 is 0. The number of amides is 1. The van der Waals surface area contributed by atoms with E-state index in [-0.39, 0.29) is 41.1 Å². The third-order valence-corrected chi connectivity index (χ3v) is 7.86. The molecule has 1 amide bonds. The number of carbonyl (C=O) groups is 4. The summed E-state index contributed by atoms with van der Waals surface area (Å²) in [6.07, 6.45) is 0.645. The zero-order valence-corrected chi connectivity index (χ0v) is 26.7. The molecule has 0 heterocycles. The minimum absolute atomic E-state index is 0. The number of benzene rings is 2. The van der Waals surface area contributed by atoms with E-state index in [0.717, 1.165) is 5.56 Å². The Morgan fingerprint density at radius 1 is 0.935 bits per heavy atom. The Morgan fingerprint density at radius 2 is 1.54 bits per heavy atom. The normalized spacial score (nSPS) is 19.6. The molecule has 0 saturated heterocycles. The first kappa shape index (κ1) is 37.6. The molecule has 3 aliphatic carbocycles. The van der Waals surface area contributed by atoms with Crippen LogP contribution >= 0.6 is 0 Å². The van der Waals surface area contributed by atoms with Gasteiger partial charge in [0.15, 0.2) is 11.6 Å². The van der Waals surface area contributed by atoms with Crippen LogP contribution in [0.1, 0.15) is 45.5 Å². The Hall–Kier alpha value is -4.56. The van der Waals surface area contributed by atoms with Gasteiger partial charge in [0.25, 0.3) is 5.91 Å². The molecule has 3 unspecified atom stereocenters. The second kappa shape index (κ2) is 16.7. The summed E-state index contributed by atoms with van der Waals surface area (Å²) in [5, 5.41) is 41.7. The van der Waals surface area contributed by atoms with Gasteiger partial charge in [-0.3, -0.25) is 14.4 Å². The molecular formula is C33H44N4O9. The molecule has 0 radical (unpaired) electrons. The van der Waals surface area contributed by atoms with Gasteiger partial charge in [-0.05, 0) is 76.1 Å². The predicted molar refractivity (Wildman–Crippen MR) is 172 cm³/mol. The van der Waals surface area contributed by atoms with Crippen molar-refractivity contribution in [3.05, 3.63) is 81.1 Å². The Labute approximate surface area is 267 Å². The molecule has 2 aromatic carbocycles. The van der Waals surface area contributed by atoms with Crippen molar-refractivity contribution < 1.29 is 44.7 Å². The number of aliphatic hydroxyl groups excluding tert-OH is 2. The van der Waals surface area contributed by atoms with Gasteiger partial charge < -0.3 is 47.2 Å². The number of hydrogen-bond donors (Lipinski definition) is 7. The summed E-state index contributed by atoms with van der Waals surface area (Å²) in [6.45, 7) is 0.706. The number of aliphatic hydroxyl groups is 2. The summed E-state index contributed by atoms with van der Waals surface area (Å²) in [7, 11) is 8.82. The molecule has 10 N–H and O–H groups in total. The highest BCUT2D eigenvalue weighted by Gasteiger charge is 2.50. The number of hydrogen-bond acceptors (Lipinski definition) is 11. The van der Waals surface area contributed by atoms with Crippen LogP contribution in [0, 0.1) is 17.8 Å². The minimum atomic E-state index is -1.14. The van der Waals surface area contributed by atoms with E-state index in [0.29, 0.717) is 36.1 Å². The molecule has 0 aromatic heterocycles. The van der Waals surface area contributed by atoms with Gasteiger partial charge in [0.05, 0.1) is 24.2 Å². The number of phenolic OH excluding ortho intramolecular Hbond substituents is 1. The van der Waals surface area contributed by atoms with E-state index in [9.17, 15) is 34.5 Å². The summed E-state index contributed by atoms with van der Waals surface area (Å²) in [5.74, 6) is -5.85. The summed E-state index contributed by atoms with van der Waals surface area (Å²) in [4.78, 5) is 49.2. The first-order chi connectivity index (χ1) is 21.4. The van der Waals surface area contributed by atoms with E-state index in [4.69, 9.17) is 10.5 Å². The average molecular weight is 641 g/mol. The zero-order valence-electron chi connectivity index (χ0n) is 26.7. The highest BCUT2D eigenvalue weighted by molar-refractivity contribution is 6.21. The topological polar surface area (TPSA) is 232 Å². The number of primary amides is 1. The maximum absolute atomic E-state index is 13.5. The van der Waals surface area contributed by atoms with Crippen LogP contribution in [0.3, 0.4) is 0 Å². The van der Waals surface area contributed by atoms with Crippen LogP contribution in [0.2, 0.25) is 0 Å². The Morgan fingerprint density at radius 3 is 2.11 bits per heavy atom. The van der Waals surface area contributed by atoms with Crippen molar-refractivity contribution in [2.45, 2.75) is 32.4 Å². The number of phenols is 1. The monoisotopic (exact) mass is 640 g/mol. The first-order valence-electron chi connectivity index (χ1n) is 14.6. The van der Waals surface area contributed by atoms with Gasteiger partial charge in [-0.1, -0.05) is 24.3 Å². The molecule has 250 valence electrons. The molecular weight excluding hydrogens is 596 g/mol. The number of aromatic hydroxyl groups is 1. The number of methoxy groups -OCH3 is 1. The number of carbonyl (C=O) groups excluding carboxylic acids is 4. The number of nitrogens with two attached hydrogens (primary N) is 1. The molecule has 5 rings (SSSR count). The van der Waals surface area contributed by atoms with Gasteiger partial charge in [0, 0.05) is 30.6 Å². The summed E-state index contributed by atoms with van der Waals surface area (Å²) < 4.78 is 4.70. The zero-order chi connectivity index (χ0) is 33.4. The number of allylic oxidation sites excluding steroid dienone is 2. The highest BCUT2D eigenvalue weighted by atomic mass is 16.5. The van der Waals surface area contributed by atoms with Crippen LogP contribution in [-0.2, 0) is 38.6 Å². The van der Waals surface area contributed by atoms with Crippen molar-refractivity contribution in [3.63, 3.8) is 0 Å². The Kier molecular flexibility index (Phi) is 13.6. The number of nitrogens with one attached hydrogen (secondary N) is 3. The fourth-order valence-electron chi connectivity index (χ4n) is 6.02. The van der Waals surface area contributed by atoms with Crippen LogP contribution in [0.15, 0.2) is 53.3 Å². The van der Waals surface area contributed by atoms with Crippen LogP contribution in [0.25, 0.3) is 5.76 Å².